The average molecular weight is 184 g/mol. The zero-order valence-electron chi connectivity index (χ0n) is 8.76. The molecule has 1 aliphatic rings. The van der Waals surface area contributed by atoms with Gasteiger partial charge >= 0.3 is 0 Å². The molecule has 1 rings (SSSR count). The lowest BCUT2D eigenvalue weighted by atomic mass is 9.86. The molecule has 0 aromatic carbocycles. The smallest absolute Gasteiger partial charge is 0.237 e. The van der Waals surface area contributed by atoms with Crippen molar-refractivity contribution in [3.05, 3.63) is 0 Å². The maximum absolute atomic E-state index is 11.6. The summed E-state index contributed by atoms with van der Waals surface area (Å²) < 4.78 is 0. The van der Waals surface area contributed by atoms with E-state index >= 15 is 0 Å². The van der Waals surface area contributed by atoms with Gasteiger partial charge in [-0.25, -0.2) is 0 Å². The molecule has 0 aliphatic heterocycles. The lowest BCUT2D eigenvalue weighted by Gasteiger charge is -2.31. The van der Waals surface area contributed by atoms with E-state index in [0.717, 1.165) is 12.8 Å². The van der Waals surface area contributed by atoms with Crippen LogP contribution in [-0.2, 0) is 4.79 Å². The molecule has 0 spiro atoms. The zero-order chi connectivity index (χ0) is 10.1. The van der Waals surface area contributed by atoms with Crippen molar-refractivity contribution < 1.29 is 4.79 Å². The van der Waals surface area contributed by atoms with Gasteiger partial charge in [0.2, 0.25) is 5.91 Å². The van der Waals surface area contributed by atoms with E-state index in [4.69, 9.17) is 5.73 Å². The molecule has 0 aromatic rings. The monoisotopic (exact) mass is 184 g/mol. The molecular weight excluding hydrogens is 164 g/mol. The van der Waals surface area contributed by atoms with Crippen molar-refractivity contribution in [1.29, 1.82) is 0 Å². The van der Waals surface area contributed by atoms with Crippen LogP contribution in [0.2, 0.25) is 0 Å². The van der Waals surface area contributed by atoms with Gasteiger partial charge in [-0.15, -0.1) is 0 Å². The Morgan fingerprint density at radius 3 is 2.31 bits per heavy atom. The number of hydrogen-bond donors (Lipinski definition) is 2. The molecule has 13 heavy (non-hydrogen) atoms. The van der Waals surface area contributed by atoms with E-state index in [9.17, 15) is 4.79 Å². The molecule has 0 saturated heterocycles. The van der Waals surface area contributed by atoms with E-state index < -0.39 is 6.04 Å². The second-order valence-electron chi connectivity index (χ2n) is 4.98. The summed E-state index contributed by atoms with van der Waals surface area (Å²) in [4.78, 5) is 11.6. The normalized spacial score (nSPS) is 20.6. The summed E-state index contributed by atoms with van der Waals surface area (Å²) >= 11 is 0. The van der Waals surface area contributed by atoms with E-state index in [2.05, 4.69) is 5.32 Å². The Kier molecular flexibility index (Phi) is 2.96. The molecular formula is C10H20N2O. The fourth-order valence-corrected chi connectivity index (χ4v) is 1.24. The summed E-state index contributed by atoms with van der Waals surface area (Å²) in [5, 5.41) is 2.96. The van der Waals surface area contributed by atoms with Gasteiger partial charge in [-0.05, 0) is 24.7 Å². The molecule has 1 saturated carbocycles. The molecule has 0 bridgehead atoms. The number of nitrogens with one attached hydrogen (secondary N) is 1. The number of rotatable bonds is 2. The van der Waals surface area contributed by atoms with E-state index in [1.54, 1.807) is 0 Å². The predicted molar refractivity (Wildman–Crippen MR) is 53.2 cm³/mol. The Balaban J connectivity index is 2.37. The molecule has 1 fully saturated rings. The van der Waals surface area contributed by atoms with Crippen molar-refractivity contribution >= 4 is 5.91 Å². The second kappa shape index (κ2) is 3.66. The quantitative estimate of drug-likeness (QED) is 0.673. The lowest BCUT2D eigenvalue weighted by molar-refractivity contribution is -0.125. The van der Waals surface area contributed by atoms with Crippen LogP contribution in [0.3, 0.4) is 0 Å². The van der Waals surface area contributed by atoms with Crippen LogP contribution in [-0.4, -0.2) is 18.0 Å². The largest absolute Gasteiger partial charge is 0.352 e. The number of carbonyl (C=O) groups is 1. The number of amides is 1. The van der Waals surface area contributed by atoms with Crippen LogP contribution >= 0.6 is 0 Å². The Morgan fingerprint density at radius 1 is 1.46 bits per heavy atom. The topological polar surface area (TPSA) is 55.1 Å². The second-order valence-corrected chi connectivity index (χ2v) is 4.98. The standard InChI is InChI=1S/C10H20N2O/c1-10(2,3)8(11)9(13)12-7-5-4-6-7/h7-8H,4-6,11H2,1-3H3,(H,12,13). The van der Waals surface area contributed by atoms with Gasteiger partial charge in [-0.2, -0.15) is 0 Å². The highest BCUT2D eigenvalue weighted by molar-refractivity contribution is 5.82. The minimum Gasteiger partial charge on any atom is -0.352 e. The van der Waals surface area contributed by atoms with Crippen molar-refractivity contribution in [2.45, 2.75) is 52.1 Å². The molecule has 3 N–H and O–H groups in total. The summed E-state index contributed by atoms with van der Waals surface area (Å²) in [5.74, 6) is -0.00259. The fraction of sp³-hybridized carbons (Fsp3) is 0.900. The van der Waals surface area contributed by atoms with Gasteiger partial charge in [-0.3, -0.25) is 4.79 Å². The first-order chi connectivity index (χ1) is 5.91. The van der Waals surface area contributed by atoms with Crippen molar-refractivity contribution in [1.82, 2.24) is 5.32 Å². The van der Waals surface area contributed by atoms with E-state index in [0.29, 0.717) is 6.04 Å². The molecule has 1 aliphatic carbocycles. The maximum Gasteiger partial charge on any atom is 0.237 e. The van der Waals surface area contributed by atoms with Gasteiger partial charge in [0.15, 0.2) is 0 Å². The molecule has 1 amide bonds. The first-order valence-corrected chi connectivity index (χ1v) is 4.97. The minimum atomic E-state index is -0.395. The molecule has 1 atom stereocenters. The van der Waals surface area contributed by atoms with Gasteiger partial charge in [0.05, 0.1) is 6.04 Å². The van der Waals surface area contributed by atoms with Crippen molar-refractivity contribution in [2.75, 3.05) is 0 Å². The summed E-state index contributed by atoms with van der Waals surface area (Å²) in [6.45, 7) is 5.95. The summed E-state index contributed by atoms with van der Waals surface area (Å²) in [5.41, 5.74) is 5.66. The molecule has 3 nitrogen and oxygen atoms in total. The first-order valence-electron chi connectivity index (χ1n) is 4.97. The van der Waals surface area contributed by atoms with Crippen molar-refractivity contribution in [3.63, 3.8) is 0 Å². The van der Waals surface area contributed by atoms with Crippen LogP contribution in [0, 0.1) is 5.41 Å². The fourth-order valence-electron chi connectivity index (χ4n) is 1.24. The van der Waals surface area contributed by atoms with Gasteiger partial charge in [-0.1, -0.05) is 20.8 Å². The molecule has 1 unspecified atom stereocenters. The van der Waals surface area contributed by atoms with Crippen molar-refractivity contribution in [3.8, 4) is 0 Å². The van der Waals surface area contributed by atoms with Crippen molar-refractivity contribution in [2.24, 2.45) is 11.1 Å². The van der Waals surface area contributed by atoms with E-state index in [1.165, 1.54) is 6.42 Å². The zero-order valence-corrected chi connectivity index (χ0v) is 8.76. The van der Waals surface area contributed by atoms with Gasteiger partial charge in [0, 0.05) is 6.04 Å². The summed E-state index contributed by atoms with van der Waals surface area (Å²) in [6, 6.07) is -0.00556. The minimum absolute atomic E-state index is 0.00259. The Bertz CT molecular complexity index is 192. The van der Waals surface area contributed by atoms with Gasteiger partial charge < -0.3 is 11.1 Å². The highest BCUT2D eigenvalue weighted by Gasteiger charge is 2.29. The molecule has 0 aromatic heterocycles. The van der Waals surface area contributed by atoms with Crippen LogP contribution < -0.4 is 11.1 Å². The van der Waals surface area contributed by atoms with E-state index in [-0.39, 0.29) is 11.3 Å². The first kappa shape index (κ1) is 10.5. The number of hydrogen-bond acceptors (Lipinski definition) is 2. The third kappa shape index (κ3) is 2.69. The SMILES string of the molecule is CC(C)(C)C(N)C(=O)NC1CCC1. The Morgan fingerprint density at radius 2 is 2.00 bits per heavy atom. The number of carbonyl (C=O) groups excluding carboxylic acids is 1. The molecule has 3 heteroatoms. The van der Waals surface area contributed by atoms with Gasteiger partial charge in [0.25, 0.3) is 0 Å². The highest BCUT2D eigenvalue weighted by atomic mass is 16.2. The van der Waals surface area contributed by atoms with E-state index in [1.807, 2.05) is 20.8 Å². The van der Waals surface area contributed by atoms with Crippen LogP contribution in [0.4, 0.5) is 0 Å². The molecule has 0 radical (unpaired) electrons. The molecule has 0 heterocycles. The third-order valence-electron chi connectivity index (χ3n) is 2.67. The maximum atomic E-state index is 11.6. The van der Waals surface area contributed by atoms with Crippen LogP contribution in [0.5, 0.6) is 0 Å². The highest BCUT2D eigenvalue weighted by Crippen LogP contribution is 2.21. The average Bonchev–Trinajstić information content (AvgIpc) is 1.93. The van der Waals surface area contributed by atoms with Crippen LogP contribution in [0.25, 0.3) is 0 Å². The van der Waals surface area contributed by atoms with Crippen LogP contribution in [0.15, 0.2) is 0 Å². The number of nitrogens with two attached hydrogens (primary N) is 1. The summed E-state index contributed by atoms with van der Waals surface area (Å²) in [6.07, 6.45) is 3.46. The Hall–Kier alpha value is -0.570. The van der Waals surface area contributed by atoms with Gasteiger partial charge in [0.1, 0.15) is 0 Å². The summed E-state index contributed by atoms with van der Waals surface area (Å²) in [7, 11) is 0. The molecule has 76 valence electrons. The third-order valence-corrected chi connectivity index (χ3v) is 2.67. The Labute approximate surface area is 80.1 Å². The van der Waals surface area contributed by atoms with Crippen LogP contribution in [0.1, 0.15) is 40.0 Å². The predicted octanol–water partition coefficient (Wildman–Crippen LogP) is 1.03. The lowest BCUT2D eigenvalue weighted by Crippen LogP contribution is -2.52.